The molecule has 1 N–H and O–H groups in total. The smallest absolute Gasteiger partial charge is 0.341 e. The van der Waals surface area contributed by atoms with E-state index in [9.17, 15) is 9.59 Å². The summed E-state index contributed by atoms with van der Waals surface area (Å²) in [4.78, 5) is 25.6. The first kappa shape index (κ1) is 27.4. The van der Waals surface area contributed by atoms with Gasteiger partial charge in [0.1, 0.15) is 22.9 Å². The number of thiophene rings is 1. The number of aromatic nitrogens is 3. The van der Waals surface area contributed by atoms with Crippen molar-refractivity contribution in [3.05, 3.63) is 76.4 Å². The highest BCUT2D eigenvalue weighted by Gasteiger charge is 2.23. The lowest BCUT2D eigenvalue weighted by molar-refractivity contribution is -0.113. The second-order valence-electron chi connectivity index (χ2n) is 8.53. The molecular weight excluding hydrogens is 520 g/mol. The van der Waals surface area contributed by atoms with Gasteiger partial charge in [-0.2, -0.15) is 0 Å². The number of nitrogens with zero attached hydrogens (tertiary/aromatic N) is 3. The van der Waals surface area contributed by atoms with E-state index in [-0.39, 0.29) is 24.9 Å². The zero-order chi connectivity index (χ0) is 27.1. The minimum absolute atomic E-state index is 0.108. The first-order valence-corrected chi connectivity index (χ1v) is 14.2. The van der Waals surface area contributed by atoms with Gasteiger partial charge in [-0.05, 0) is 56.5 Å². The largest absolute Gasteiger partial charge is 0.486 e. The zero-order valence-electron chi connectivity index (χ0n) is 21.8. The van der Waals surface area contributed by atoms with Crippen molar-refractivity contribution in [1.29, 1.82) is 0 Å². The normalized spacial score (nSPS) is 10.8. The van der Waals surface area contributed by atoms with Crippen molar-refractivity contribution in [2.24, 2.45) is 0 Å². The van der Waals surface area contributed by atoms with E-state index < -0.39 is 5.97 Å². The summed E-state index contributed by atoms with van der Waals surface area (Å²) >= 11 is 2.59. The molecule has 0 spiro atoms. The summed E-state index contributed by atoms with van der Waals surface area (Å²) in [6.45, 7) is 8.97. The number of anilines is 1. The maximum Gasteiger partial charge on any atom is 0.341 e. The van der Waals surface area contributed by atoms with Gasteiger partial charge in [0.25, 0.3) is 0 Å². The Morgan fingerprint density at radius 2 is 1.79 bits per heavy atom. The van der Waals surface area contributed by atoms with E-state index >= 15 is 0 Å². The van der Waals surface area contributed by atoms with Crippen LogP contribution in [0.4, 0.5) is 5.00 Å². The van der Waals surface area contributed by atoms with Gasteiger partial charge in [-0.15, -0.1) is 21.5 Å². The van der Waals surface area contributed by atoms with Crippen LogP contribution >= 0.6 is 23.1 Å². The second-order valence-corrected chi connectivity index (χ2v) is 10.4. The Morgan fingerprint density at radius 1 is 1.05 bits per heavy atom. The summed E-state index contributed by atoms with van der Waals surface area (Å²) in [5, 5.41) is 14.4. The van der Waals surface area contributed by atoms with Crippen LogP contribution in [-0.2, 0) is 22.7 Å². The Morgan fingerprint density at radius 3 is 2.47 bits per heavy atom. The molecule has 2 aromatic carbocycles. The monoisotopic (exact) mass is 550 g/mol. The molecule has 0 aliphatic heterocycles. The lowest BCUT2D eigenvalue weighted by Crippen LogP contribution is -2.17. The summed E-state index contributed by atoms with van der Waals surface area (Å²) in [6, 6.07) is 15.6. The molecule has 0 aliphatic carbocycles. The first-order valence-electron chi connectivity index (χ1n) is 12.3. The van der Waals surface area contributed by atoms with Crippen LogP contribution in [0.2, 0.25) is 0 Å². The van der Waals surface area contributed by atoms with Gasteiger partial charge in [-0.25, -0.2) is 4.79 Å². The number of carbonyl (C=O) groups is 2. The number of aryl methyl sites for hydroxylation is 2. The third-order valence-electron chi connectivity index (χ3n) is 5.61. The molecule has 8 nitrogen and oxygen atoms in total. The van der Waals surface area contributed by atoms with Gasteiger partial charge in [0.2, 0.25) is 5.91 Å². The number of rotatable bonds is 11. The summed E-state index contributed by atoms with van der Waals surface area (Å²) in [5.74, 6) is 0.863. The topological polar surface area (TPSA) is 95.3 Å². The van der Waals surface area contributed by atoms with Crippen molar-refractivity contribution in [3.8, 4) is 16.9 Å². The lowest BCUT2D eigenvalue weighted by Gasteiger charge is -2.10. The van der Waals surface area contributed by atoms with E-state index in [0.717, 1.165) is 28.0 Å². The number of hydrogen-bond donors (Lipinski definition) is 1. The van der Waals surface area contributed by atoms with E-state index in [0.29, 0.717) is 28.1 Å². The van der Waals surface area contributed by atoms with Crippen molar-refractivity contribution in [1.82, 2.24) is 14.8 Å². The molecule has 4 aromatic rings. The second kappa shape index (κ2) is 12.7. The standard InChI is InChI=1S/C28H30N4O4S2/c1-5-32-23(15-36-21-13-18(3)12-19(4)14-21)30-31-28(32)38-17-24(33)29-26-25(27(34)35-6-2)22(16-37-26)20-10-8-7-9-11-20/h7-14,16H,5-6,15,17H2,1-4H3,(H,29,33). The number of nitrogens with one attached hydrogen (secondary N) is 1. The number of benzene rings is 2. The number of ether oxygens (including phenoxy) is 2. The molecule has 38 heavy (non-hydrogen) atoms. The maximum atomic E-state index is 12.9. The number of amides is 1. The van der Waals surface area contributed by atoms with E-state index in [1.54, 1.807) is 6.92 Å². The average molecular weight is 551 g/mol. The van der Waals surface area contributed by atoms with E-state index in [1.165, 1.54) is 23.1 Å². The molecule has 0 bridgehead atoms. The minimum atomic E-state index is -0.463. The van der Waals surface area contributed by atoms with Gasteiger partial charge >= 0.3 is 5.97 Å². The van der Waals surface area contributed by atoms with E-state index in [1.807, 2.05) is 73.2 Å². The van der Waals surface area contributed by atoms with E-state index in [4.69, 9.17) is 9.47 Å². The van der Waals surface area contributed by atoms with Crippen molar-refractivity contribution < 1.29 is 19.1 Å². The van der Waals surface area contributed by atoms with Crippen LogP contribution in [0.15, 0.2) is 59.1 Å². The SMILES string of the molecule is CCOC(=O)c1c(-c2ccccc2)csc1NC(=O)CSc1nnc(COc2cc(C)cc(C)c2)n1CC. The molecule has 0 fully saturated rings. The summed E-state index contributed by atoms with van der Waals surface area (Å²) in [6.07, 6.45) is 0. The molecule has 0 atom stereocenters. The van der Waals surface area contributed by atoms with Gasteiger partial charge in [0, 0.05) is 17.5 Å². The minimum Gasteiger partial charge on any atom is -0.486 e. The molecule has 0 saturated carbocycles. The van der Waals surface area contributed by atoms with Crippen LogP contribution in [-0.4, -0.2) is 39.0 Å². The van der Waals surface area contributed by atoms with Gasteiger partial charge in [0.05, 0.1) is 12.4 Å². The highest BCUT2D eigenvalue weighted by atomic mass is 32.2. The van der Waals surface area contributed by atoms with Crippen molar-refractivity contribution in [3.63, 3.8) is 0 Å². The van der Waals surface area contributed by atoms with Crippen molar-refractivity contribution >= 4 is 40.0 Å². The molecule has 2 heterocycles. The van der Waals surface area contributed by atoms with Crippen molar-refractivity contribution in [2.75, 3.05) is 17.7 Å². The van der Waals surface area contributed by atoms with Gasteiger partial charge in [-0.3, -0.25) is 4.79 Å². The first-order chi connectivity index (χ1) is 18.4. The van der Waals surface area contributed by atoms with Gasteiger partial charge in [-0.1, -0.05) is 48.2 Å². The molecule has 0 unspecified atom stereocenters. The number of hydrogen-bond acceptors (Lipinski definition) is 8. The molecule has 0 saturated heterocycles. The molecule has 0 radical (unpaired) electrons. The Kier molecular flexibility index (Phi) is 9.19. The fourth-order valence-electron chi connectivity index (χ4n) is 3.99. The molecule has 0 aliphatic rings. The fourth-order valence-corrected chi connectivity index (χ4v) is 5.79. The predicted molar refractivity (Wildman–Crippen MR) is 151 cm³/mol. The van der Waals surface area contributed by atoms with Crippen LogP contribution in [0.5, 0.6) is 5.75 Å². The van der Waals surface area contributed by atoms with Crippen LogP contribution in [0.1, 0.15) is 41.2 Å². The molecule has 198 valence electrons. The van der Waals surface area contributed by atoms with Gasteiger partial charge in [0.15, 0.2) is 11.0 Å². The molecule has 10 heteroatoms. The van der Waals surface area contributed by atoms with Crippen molar-refractivity contribution in [2.45, 2.75) is 46.0 Å². The average Bonchev–Trinajstić information content (AvgIpc) is 3.50. The quantitative estimate of drug-likeness (QED) is 0.177. The van der Waals surface area contributed by atoms with Crippen LogP contribution < -0.4 is 10.1 Å². The summed E-state index contributed by atoms with van der Waals surface area (Å²) in [7, 11) is 0. The Hall–Kier alpha value is -3.63. The Bertz CT molecular complexity index is 1400. The molecule has 2 aromatic heterocycles. The third kappa shape index (κ3) is 6.62. The molecular formula is C28H30N4O4S2. The van der Waals surface area contributed by atoms with Crippen LogP contribution in [0, 0.1) is 13.8 Å². The summed E-state index contributed by atoms with van der Waals surface area (Å²) in [5.41, 5.74) is 4.24. The maximum absolute atomic E-state index is 12.9. The van der Waals surface area contributed by atoms with Crippen LogP contribution in [0.25, 0.3) is 11.1 Å². The predicted octanol–water partition coefficient (Wildman–Crippen LogP) is 6.13. The Balaban J connectivity index is 1.43. The van der Waals surface area contributed by atoms with Crippen LogP contribution in [0.3, 0.4) is 0 Å². The van der Waals surface area contributed by atoms with E-state index in [2.05, 4.69) is 21.6 Å². The number of thioether (sulfide) groups is 1. The van der Waals surface area contributed by atoms with Gasteiger partial charge < -0.3 is 19.4 Å². The number of carbonyl (C=O) groups excluding carboxylic acids is 2. The Labute approximate surface area is 230 Å². The summed E-state index contributed by atoms with van der Waals surface area (Å²) < 4.78 is 13.2. The molecule has 4 rings (SSSR count). The highest BCUT2D eigenvalue weighted by molar-refractivity contribution is 7.99. The third-order valence-corrected chi connectivity index (χ3v) is 7.48. The zero-order valence-corrected chi connectivity index (χ0v) is 23.4. The lowest BCUT2D eigenvalue weighted by atomic mass is 10.0. The fraction of sp³-hybridized carbons (Fsp3) is 0.286. The number of esters is 1. The molecule has 1 amide bonds. The highest BCUT2D eigenvalue weighted by Crippen LogP contribution is 2.36.